The number of nitrogens with one attached hydrogen (secondary N) is 1. The zero-order chi connectivity index (χ0) is 9.68. The number of anilines is 1. The summed E-state index contributed by atoms with van der Waals surface area (Å²) in [5.41, 5.74) is 1.09. The Bertz CT molecular complexity index is 248. The number of pyridine rings is 1. The molecule has 0 amide bonds. The molecule has 1 atom stereocenters. The number of aliphatic hydroxyl groups is 2. The first-order chi connectivity index (χ1) is 6.22. The monoisotopic (exact) mass is 182 g/mol. The molecule has 0 radical (unpaired) electrons. The van der Waals surface area contributed by atoms with Gasteiger partial charge < -0.3 is 15.5 Å². The van der Waals surface area contributed by atoms with E-state index in [0.29, 0.717) is 12.4 Å². The SMILES string of the molecule is Cc1ccc(NCC(O)CO)nc1. The molecule has 3 N–H and O–H groups in total. The zero-order valence-corrected chi connectivity index (χ0v) is 7.57. The first-order valence-corrected chi connectivity index (χ1v) is 4.18. The van der Waals surface area contributed by atoms with Gasteiger partial charge in [-0.3, -0.25) is 0 Å². The molecule has 4 heteroatoms. The van der Waals surface area contributed by atoms with Crippen LogP contribution in [0.4, 0.5) is 5.82 Å². The van der Waals surface area contributed by atoms with Crippen molar-refractivity contribution in [1.82, 2.24) is 4.98 Å². The van der Waals surface area contributed by atoms with E-state index in [1.165, 1.54) is 0 Å². The van der Waals surface area contributed by atoms with Crippen molar-refractivity contribution in [1.29, 1.82) is 0 Å². The first-order valence-electron chi connectivity index (χ1n) is 4.18. The predicted molar refractivity (Wildman–Crippen MR) is 50.6 cm³/mol. The molecule has 1 rings (SSSR count). The van der Waals surface area contributed by atoms with Crippen LogP contribution in [0, 0.1) is 6.92 Å². The first kappa shape index (κ1) is 9.95. The second-order valence-corrected chi connectivity index (χ2v) is 2.94. The number of hydrogen-bond acceptors (Lipinski definition) is 4. The molecule has 0 bridgehead atoms. The van der Waals surface area contributed by atoms with Crippen LogP contribution in [0.2, 0.25) is 0 Å². The van der Waals surface area contributed by atoms with Crippen molar-refractivity contribution >= 4 is 5.82 Å². The molecule has 1 aromatic heterocycles. The fourth-order valence-corrected chi connectivity index (χ4v) is 0.859. The van der Waals surface area contributed by atoms with E-state index in [1.807, 2.05) is 19.1 Å². The highest BCUT2D eigenvalue weighted by atomic mass is 16.3. The summed E-state index contributed by atoms with van der Waals surface area (Å²) in [5.74, 6) is 0.707. The molecule has 0 aliphatic carbocycles. The Morgan fingerprint density at radius 1 is 1.54 bits per heavy atom. The summed E-state index contributed by atoms with van der Waals surface area (Å²) in [6.45, 7) is 2.03. The summed E-state index contributed by atoms with van der Waals surface area (Å²) >= 11 is 0. The zero-order valence-electron chi connectivity index (χ0n) is 7.57. The van der Waals surface area contributed by atoms with Gasteiger partial charge in [-0.2, -0.15) is 0 Å². The van der Waals surface area contributed by atoms with Gasteiger partial charge in [0.15, 0.2) is 0 Å². The number of aliphatic hydroxyl groups excluding tert-OH is 2. The highest BCUT2D eigenvalue weighted by Crippen LogP contribution is 2.03. The molecule has 13 heavy (non-hydrogen) atoms. The average Bonchev–Trinajstić information content (AvgIpc) is 2.16. The fourth-order valence-electron chi connectivity index (χ4n) is 0.859. The van der Waals surface area contributed by atoms with Crippen molar-refractivity contribution in [2.24, 2.45) is 0 Å². The van der Waals surface area contributed by atoms with E-state index in [9.17, 15) is 0 Å². The van der Waals surface area contributed by atoms with E-state index in [1.54, 1.807) is 6.20 Å². The molecule has 0 aliphatic rings. The molecule has 4 nitrogen and oxygen atoms in total. The summed E-state index contributed by atoms with van der Waals surface area (Å²) in [6, 6.07) is 3.76. The lowest BCUT2D eigenvalue weighted by Crippen LogP contribution is -2.23. The van der Waals surface area contributed by atoms with Crippen LogP contribution in [-0.2, 0) is 0 Å². The number of hydrogen-bond donors (Lipinski definition) is 3. The van der Waals surface area contributed by atoms with Crippen LogP contribution in [0.15, 0.2) is 18.3 Å². The number of rotatable bonds is 4. The van der Waals surface area contributed by atoms with Crippen molar-refractivity contribution in [3.63, 3.8) is 0 Å². The van der Waals surface area contributed by atoms with E-state index in [0.717, 1.165) is 5.56 Å². The van der Waals surface area contributed by atoms with E-state index in [-0.39, 0.29) is 6.61 Å². The van der Waals surface area contributed by atoms with Gasteiger partial charge in [0.05, 0.1) is 12.7 Å². The van der Waals surface area contributed by atoms with E-state index in [4.69, 9.17) is 10.2 Å². The number of aromatic nitrogens is 1. The molecular weight excluding hydrogens is 168 g/mol. The van der Waals surface area contributed by atoms with Gasteiger partial charge in [-0.15, -0.1) is 0 Å². The molecule has 1 unspecified atom stereocenters. The third kappa shape index (κ3) is 3.40. The van der Waals surface area contributed by atoms with Crippen molar-refractivity contribution in [2.45, 2.75) is 13.0 Å². The molecule has 0 aliphatic heterocycles. The van der Waals surface area contributed by atoms with Gasteiger partial charge in [0.2, 0.25) is 0 Å². The minimum atomic E-state index is -0.733. The van der Waals surface area contributed by atoms with Crippen LogP contribution in [0.25, 0.3) is 0 Å². The molecule has 0 fully saturated rings. The van der Waals surface area contributed by atoms with Crippen molar-refractivity contribution in [2.75, 3.05) is 18.5 Å². The number of nitrogens with zero attached hydrogens (tertiary/aromatic N) is 1. The maximum atomic E-state index is 9.03. The van der Waals surface area contributed by atoms with Gasteiger partial charge in [0.1, 0.15) is 5.82 Å². The maximum Gasteiger partial charge on any atom is 0.125 e. The standard InChI is InChI=1S/C9H14N2O2/c1-7-2-3-9(10-4-7)11-5-8(13)6-12/h2-4,8,12-13H,5-6H2,1H3,(H,10,11). The van der Waals surface area contributed by atoms with Gasteiger partial charge in [0, 0.05) is 12.7 Å². The lowest BCUT2D eigenvalue weighted by atomic mass is 10.3. The van der Waals surface area contributed by atoms with Gasteiger partial charge in [-0.1, -0.05) is 6.07 Å². The fraction of sp³-hybridized carbons (Fsp3) is 0.444. The minimum Gasteiger partial charge on any atom is -0.394 e. The maximum absolute atomic E-state index is 9.03. The Labute approximate surface area is 77.2 Å². The molecule has 1 heterocycles. The Hall–Kier alpha value is -1.13. The topological polar surface area (TPSA) is 65.4 Å². The summed E-state index contributed by atoms with van der Waals surface area (Å²) in [4.78, 5) is 4.08. The normalized spacial score (nSPS) is 12.5. The van der Waals surface area contributed by atoms with Crippen molar-refractivity contribution in [3.05, 3.63) is 23.9 Å². The van der Waals surface area contributed by atoms with Crippen molar-refractivity contribution < 1.29 is 10.2 Å². The van der Waals surface area contributed by atoms with Crippen molar-refractivity contribution in [3.8, 4) is 0 Å². The molecule has 0 spiro atoms. The lowest BCUT2D eigenvalue weighted by molar-refractivity contribution is 0.105. The minimum absolute atomic E-state index is 0.237. The second-order valence-electron chi connectivity index (χ2n) is 2.94. The number of aryl methyl sites for hydroxylation is 1. The Balaban J connectivity index is 2.41. The van der Waals surface area contributed by atoms with Gasteiger partial charge >= 0.3 is 0 Å². The van der Waals surface area contributed by atoms with Crippen LogP contribution < -0.4 is 5.32 Å². The van der Waals surface area contributed by atoms with Crippen LogP contribution in [0.1, 0.15) is 5.56 Å². The third-order valence-electron chi connectivity index (χ3n) is 1.64. The molecule has 0 saturated carbocycles. The second kappa shape index (κ2) is 4.79. The highest BCUT2D eigenvalue weighted by Gasteiger charge is 2.00. The Morgan fingerprint density at radius 3 is 2.85 bits per heavy atom. The Kier molecular flexibility index (Phi) is 3.67. The largest absolute Gasteiger partial charge is 0.394 e. The smallest absolute Gasteiger partial charge is 0.125 e. The van der Waals surface area contributed by atoms with Crippen LogP contribution in [0.5, 0.6) is 0 Å². The van der Waals surface area contributed by atoms with Crippen LogP contribution >= 0.6 is 0 Å². The van der Waals surface area contributed by atoms with Crippen LogP contribution in [-0.4, -0.2) is 34.5 Å². The van der Waals surface area contributed by atoms with Gasteiger partial charge in [-0.05, 0) is 18.6 Å². The molecule has 72 valence electrons. The molecule has 0 aromatic carbocycles. The summed E-state index contributed by atoms with van der Waals surface area (Å²) in [7, 11) is 0. The summed E-state index contributed by atoms with van der Waals surface area (Å²) < 4.78 is 0. The molecule has 0 saturated heterocycles. The van der Waals surface area contributed by atoms with Gasteiger partial charge in [0.25, 0.3) is 0 Å². The van der Waals surface area contributed by atoms with Crippen LogP contribution in [0.3, 0.4) is 0 Å². The van der Waals surface area contributed by atoms with E-state index >= 15 is 0 Å². The van der Waals surface area contributed by atoms with Gasteiger partial charge in [-0.25, -0.2) is 4.98 Å². The van der Waals surface area contributed by atoms with E-state index < -0.39 is 6.10 Å². The highest BCUT2D eigenvalue weighted by molar-refractivity contribution is 5.35. The quantitative estimate of drug-likeness (QED) is 0.620. The summed E-state index contributed by atoms with van der Waals surface area (Å²) in [5, 5.41) is 20.5. The Morgan fingerprint density at radius 2 is 2.31 bits per heavy atom. The molecular formula is C9H14N2O2. The average molecular weight is 182 g/mol. The third-order valence-corrected chi connectivity index (χ3v) is 1.64. The predicted octanol–water partition coefficient (Wildman–Crippen LogP) is 0.155. The van der Waals surface area contributed by atoms with E-state index in [2.05, 4.69) is 10.3 Å². The summed E-state index contributed by atoms with van der Waals surface area (Å²) in [6.07, 6.45) is 1.01. The molecule has 1 aromatic rings. The lowest BCUT2D eigenvalue weighted by Gasteiger charge is -2.08.